The summed E-state index contributed by atoms with van der Waals surface area (Å²) < 4.78 is 18.8. The zero-order valence-electron chi connectivity index (χ0n) is 11.1. The Morgan fingerprint density at radius 1 is 1.25 bits per heavy atom. The molecule has 7 heteroatoms. The largest absolute Gasteiger partial charge is 0.463 e. The van der Waals surface area contributed by atoms with Crippen molar-refractivity contribution in [3.8, 4) is 6.01 Å². The third-order valence-corrected chi connectivity index (χ3v) is 2.46. The number of hydrogen-bond donors (Lipinski definition) is 2. The minimum atomic E-state index is -0.288. The molecule has 0 aliphatic carbocycles. The number of benzene rings is 1. The lowest BCUT2D eigenvalue weighted by Gasteiger charge is -2.08. The van der Waals surface area contributed by atoms with Gasteiger partial charge in [-0.25, -0.2) is 4.39 Å². The first-order valence-corrected chi connectivity index (χ1v) is 6.30. The number of nitrogens with one attached hydrogen (secondary N) is 1. The molecular formula is C13H16FN5O. The van der Waals surface area contributed by atoms with Crippen LogP contribution in [0, 0.1) is 5.82 Å². The van der Waals surface area contributed by atoms with Crippen LogP contribution in [0.1, 0.15) is 18.9 Å². The van der Waals surface area contributed by atoms with Gasteiger partial charge in [-0.1, -0.05) is 25.1 Å². The highest BCUT2D eigenvalue weighted by Gasteiger charge is 2.06. The number of anilines is 2. The fourth-order valence-electron chi connectivity index (χ4n) is 1.53. The van der Waals surface area contributed by atoms with Crippen LogP contribution in [0.25, 0.3) is 0 Å². The summed E-state index contributed by atoms with van der Waals surface area (Å²) in [5.74, 6) is 0.0264. The number of aromatic nitrogens is 3. The lowest BCUT2D eigenvalue weighted by Crippen LogP contribution is -2.10. The average molecular weight is 277 g/mol. The molecule has 1 heterocycles. The second kappa shape index (κ2) is 6.65. The Morgan fingerprint density at radius 3 is 2.80 bits per heavy atom. The summed E-state index contributed by atoms with van der Waals surface area (Å²) in [6.45, 7) is 2.72. The molecule has 106 valence electrons. The Balaban J connectivity index is 2.05. The van der Waals surface area contributed by atoms with Crippen molar-refractivity contribution in [2.45, 2.75) is 19.9 Å². The molecule has 3 N–H and O–H groups in total. The minimum absolute atomic E-state index is 0.0575. The number of rotatable bonds is 6. The lowest BCUT2D eigenvalue weighted by atomic mass is 10.2. The molecule has 0 saturated carbocycles. The summed E-state index contributed by atoms with van der Waals surface area (Å²) in [4.78, 5) is 11.8. The van der Waals surface area contributed by atoms with Gasteiger partial charge in [-0.3, -0.25) is 0 Å². The first-order valence-electron chi connectivity index (χ1n) is 6.30. The number of nitrogen functional groups attached to an aromatic ring is 1. The molecule has 0 atom stereocenters. The second-order valence-corrected chi connectivity index (χ2v) is 4.09. The molecule has 2 rings (SSSR count). The maximum absolute atomic E-state index is 13.5. The molecule has 0 spiro atoms. The molecule has 0 radical (unpaired) electrons. The highest BCUT2D eigenvalue weighted by atomic mass is 19.1. The Morgan fingerprint density at radius 2 is 2.05 bits per heavy atom. The van der Waals surface area contributed by atoms with Crippen molar-refractivity contribution >= 4 is 11.9 Å². The Hall–Kier alpha value is -2.44. The fraction of sp³-hybridized carbons (Fsp3) is 0.308. The zero-order chi connectivity index (χ0) is 14.4. The standard InChI is InChI=1S/C13H16FN5O/c1-2-7-20-13-18-11(15)17-12(19-13)16-8-9-5-3-4-6-10(9)14/h3-6H,2,7-8H2,1H3,(H3,15,16,17,18,19). The average Bonchev–Trinajstić information content (AvgIpc) is 2.44. The topological polar surface area (TPSA) is 86.0 Å². The maximum atomic E-state index is 13.5. The molecule has 0 aliphatic rings. The number of halogens is 1. The van der Waals surface area contributed by atoms with Crippen LogP contribution in [0.3, 0.4) is 0 Å². The van der Waals surface area contributed by atoms with Gasteiger partial charge in [0.25, 0.3) is 0 Å². The number of ether oxygens (including phenoxy) is 1. The summed E-state index contributed by atoms with van der Waals surface area (Å²) in [5.41, 5.74) is 6.09. The van der Waals surface area contributed by atoms with Crippen molar-refractivity contribution in [2.24, 2.45) is 0 Å². The number of nitrogens with two attached hydrogens (primary N) is 1. The molecule has 0 amide bonds. The Kier molecular flexibility index (Phi) is 4.65. The summed E-state index contributed by atoms with van der Waals surface area (Å²) in [6.07, 6.45) is 0.837. The van der Waals surface area contributed by atoms with Crippen LogP contribution >= 0.6 is 0 Å². The van der Waals surface area contributed by atoms with Crippen LogP contribution in [0.15, 0.2) is 24.3 Å². The van der Waals surface area contributed by atoms with E-state index in [0.29, 0.717) is 12.2 Å². The monoisotopic (exact) mass is 277 g/mol. The van der Waals surface area contributed by atoms with Crippen molar-refractivity contribution in [1.82, 2.24) is 15.0 Å². The third-order valence-electron chi connectivity index (χ3n) is 2.46. The van der Waals surface area contributed by atoms with Gasteiger partial charge in [0.2, 0.25) is 11.9 Å². The third kappa shape index (κ3) is 3.78. The maximum Gasteiger partial charge on any atom is 0.323 e. The quantitative estimate of drug-likeness (QED) is 0.839. The van der Waals surface area contributed by atoms with Crippen molar-refractivity contribution < 1.29 is 9.13 Å². The van der Waals surface area contributed by atoms with E-state index in [1.807, 2.05) is 6.92 Å². The van der Waals surface area contributed by atoms with Gasteiger partial charge in [-0.2, -0.15) is 15.0 Å². The van der Waals surface area contributed by atoms with Gasteiger partial charge < -0.3 is 15.8 Å². The lowest BCUT2D eigenvalue weighted by molar-refractivity contribution is 0.292. The zero-order valence-corrected chi connectivity index (χ0v) is 11.1. The van der Waals surface area contributed by atoms with Crippen LogP contribution in [-0.2, 0) is 6.54 Å². The number of hydrogen-bond acceptors (Lipinski definition) is 6. The molecule has 1 aromatic heterocycles. The summed E-state index contributed by atoms with van der Waals surface area (Å²) in [5, 5.41) is 2.90. The molecule has 0 saturated heterocycles. The Labute approximate surface area is 116 Å². The summed E-state index contributed by atoms with van der Waals surface area (Å²) in [6, 6.07) is 6.64. The second-order valence-electron chi connectivity index (χ2n) is 4.09. The van der Waals surface area contributed by atoms with Crippen molar-refractivity contribution in [3.05, 3.63) is 35.6 Å². The van der Waals surface area contributed by atoms with Gasteiger partial charge in [-0.05, 0) is 12.5 Å². The van der Waals surface area contributed by atoms with Crippen molar-refractivity contribution in [3.63, 3.8) is 0 Å². The molecule has 20 heavy (non-hydrogen) atoms. The summed E-state index contributed by atoms with van der Waals surface area (Å²) >= 11 is 0. The smallest absolute Gasteiger partial charge is 0.323 e. The van der Waals surface area contributed by atoms with Crippen LogP contribution in [0.2, 0.25) is 0 Å². The van der Waals surface area contributed by atoms with Gasteiger partial charge in [0.1, 0.15) is 5.82 Å². The van der Waals surface area contributed by atoms with Crippen LogP contribution in [-0.4, -0.2) is 21.6 Å². The molecule has 0 unspecified atom stereocenters. The number of nitrogens with zero attached hydrogens (tertiary/aromatic N) is 3. The Bertz CT molecular complexity index is 578. The van der Waals surface area contributed by atoms with Gasteiger partial charge in [-0.15, -0.1) is 0 Å². The van der Waals surface area contributed by atoms with E-state index in [-0.39, 0.29) is 30.3 Å². The highest BCUT2D eigenvalue weighted by Crippen LogP contribution is 2.12. The molecule has 1 aromatic carbocycles. The van der Waals surface area contributed by atoms with Gasteiger partial charge in [0.05, 0.1) is 6.61 Å². The minimum Gasteiger partial charge on any atom is -0.463 e. The van der Waals surface area contributed by atoms with Crippen LogP contribution < -0.4 is 15.8 Å². The van der Waals surface area contributed by atoms with Crippen molar-refractivity contribution in [2.75, 3.05) is 17.7 Å². The molecule has 0 bridgehead atoms. The van der Waals surface area contributed by atoms with Crippen molar-refractivity contribution in [1.29, 1.82) is 0 Å². The van der Waals surface area contributed by atoms with Crippen LogP contribution in [0.5, 0.6) is 6.01 Å². The predicted octanol–water partition coefficient (Wildman–Crippen LogP) is 1.99. The van der Waals surface area contributed by atoms with E-state index >= 15 is 0 Å². The molecular weight excluding hydrogens is 261 g/mol. The van der Waals surface area contributed by atoms with E-state index in [4.69, 9.17) is 10.5 Å². The van der Waals surface area contributed by atoms with Gasteiger partial charge in [0, 0.05) is 12.1 Å². The van der Waals surface area contributed by atoms with E-state index in [1.165, 1.54) is 6.07 Å². The predicted molar refractivity (Wildman–Crippen MR) is 73.8 cm³/mol. The van der Waals surface area contributed by atoms with E-state index in [9.17, 15) is 4.39 Å². The fourth-order valence-corrected chi connectivity index (χ4v) is 1.53. The molecule has 6 nitrogen and oxygen atoms in total. The first-order chi connectivity index (χ1) is 9.69. The molecule has 0 aliphatic heterocycles. The molecule has 2 aromatic rings. The van der Waals surface area contributed by atoms with Crippen LogP contribution in [0.4, 0.5) is 16.3 Å². The van der Waals surface area contributed by atoms with E-state index < -0.39 is 0 Å². The highest BCUT2D eigenvalue weighted by molar-refractivity contribution is 5.34. The summed E-state index contributed by atoms with van der Waals surface area (Å²) in [7, 11) is 0. The van der Waals surface area contributed by atoms with E-state index in [1.54, 1.807) is 18.2 Å². The van der Waals surface area contributed by atoms with E-state index in [0.717, 1.165) is 6.42 Å². The van der Waals surface area contributed by atoms with E-state index in [2.05, 4.69) is 20.3 Å². The first kappa shape index (κ1) is 14.0. The molecule has 0 fully saturated rings. The SMILES string of the molecule is CCCOc1nc(N)nc(NCc2ccccc2F)n1. The van der Waals surface area contributed by atoms with Gasteiger partial charge >= 0.3 is 6.01 Å². The van der Waals surface area contributed by atoms with Gasteiger partial charge in [0.15, 0.2) is 0 Å². The normalized spacial score (nSPS) is 10.3.